The molecule has 0 rings (SSSR count). The van der Waals surface area contributed by atoms with Gasteiger partial charge in [0.2, 0.25) is 5.91 Å². The number of allylic oxidation sites excluding steroid dienone is 19. The van der Waals surface area contributed by atoms with E-state index in [9.17, 15) is 19.4 Å². The van der Waals surface area contributed by atoms with Crippen molar-refractivity contribution in [3.05, 3.63) is 122 Å². The number of phosphoric ester groups is 1. The van der Waals surface area contributed by atoms with E-state index < -0.39 is 20.0 Å². The number of amides is 1. The molecule has 0 aliphatic rings. The average Bonchev–Trinajstić information content (AvgIpc) is 3.49. The predicted molar refractivity (Wildman–Crippen MR) is 373 cm³/mol. The summed E-state index contributed by atoms with van der Waals surface area (Å²) < 4.78 is 23.8. The number of hydrogen-bond donors (Lipinski definition) is 3. The molecule has 3 unspecified atom stereocenters. The molecule has 0 bridgehead atoms. The first-order valence-corrected chi connectivity index (χ1v) is 36.9. The molecule has 490 valence electrons. The summed E-state index contributed by atoms with van der Waals surface area (Å²) in [5, 5.41) is 14.0. The van der Waals surface area contributed by atoms with Crippen molar-refractivity contribution in [2.24, 2.45) is 0 Å². The molecule has 85 heavy (non-hydrogen) atoms. The summed E-state index contributed by atoms with van der Waals surface area (Å²) in [5.41, 5.74) is 0. The lowest BCUT2D eigenvalue weighted by Crippen LogP contribution is -2.45. The Hall–Kier alpha value is -3.10. The second kappa shape index (κ2) is 65.3. The summed E-state index contributed by atoms with van der Waals surface area (Å²) in [6.07, 6.45) is 97.8. The molecule has 3 atom stereocenters. The van der Waals surface area contributed by atoms with Crippen LogP contribution in [0.5, 0.6) is 0 Å². The van der Waals surface area contributed by atoms with Gasteiger partial charge in [0.15, 0.2) is 0 Å². The van der Waals surface area contributed by atoms with Crippen LogP contribution >= 0.6 is 7.82 Å². The summed E-state index contributed by atoms with van der Waals surface area (Å²) in [6, 6.07) is -0.877. The normalized spacial score (nSPS) is 14.4. The Bertz CT molecular complexity index is 1800. The third kappa shape index (κ3) is 68.3. The van der Waals surface area contributed by atoms with E-state index in [1.165, 1.54) is 193 Å². The van der Waals surface area contributed by atoms with Gasteiger partial charge in [0.05, 0.1) is 39.9 Å². The van der Waals surface area contributed by atoms with E-state index in [4.69, 9.17) is 9.05 Å². The summed E-state index contributed by atoms with van der Waals surface area (Å²) in [4.78, 5) is 23.4. The first-order chi connectivity index (χ1) is 41.5. The third-order valence-electron chi connectivity index (χ3n) is 15.4. The maximum Gasteiger partial charge on any atom is 0.472 e. The third-order valence-corrected chi connectivity index (χ3v) is 16.4. The van der Waals surface area contributed by atoms with Crippen molar-refractivity contribution in [1.29, 1.82) is 0 Å². The highest BCUT2D eigenvalue weighted by atomic mass is 31.2. The molecule has 1 amide bonds. The van der Waals surface area contributed by atoms with Gasteiger partial charge in [0, 0.05) is 6.42 Å². The van der Waals surface area contributed by atoms with Crippen LogP contribution in [0.2, 0.25) is 0 Å². The Labute approximate surface area is 526 Å². The molecular formula is C76H136N2O6P+. The second-order valence-corrected chi connectivity index (χ2v) is 26.3. The Morgan fingerprint density at radius 3 is 1.08 bits per heavy atom. The fourth-order valence-electron chi connectivity index (χ4n) is 9.94. The molecule has 0 aromatic carbocycles. The molecule has 0 saturated carbocycles. The molecule has 3 N–H and O–H groups in total. The van der Waals surface area contributed by atoms with Crippen LogP contribution in [-0.4, -0.2) is 73.4 Å². The minimum Gasteiger partial charge on any atom is -0.387 e. The lowest BCUT2D eigenvalue weighted by Gasteiger charge is -2.25. The van der Waals surface area contributed by atoms with Gasteiger partial charge in [-0.05, 0) is 103 Å². The average molecular weight is 1200 g/mol. The van der Waals surface area contributed by atoms with E-state index in [0.717, 1.165) is 89.9 Å². The number of carbonyl (C=O) groups excluding carboxylic acids is 1. The molecule has 8 nitrogen and oxygen atoms in total. The zero-order valence-electron chi connectivity index (χ0n) is 56.1. The number of rotatable bonds is 64. The Balaban J connectivity index is 4.09. The van der Waals surface area contributed by atoms with E-state index >= 15 is 0 Å². The highest BCUT2D eigenvalue weighted by molar-refractivity contribution is 7.47. The number of hydrogen-bond acceptors (Lipinski definition) is 5. The quantitative estimate of drug-likeness (QED) is 0.0243. The lowest BCUT2D eigenvalue weighted by atomic mass is 10.0. The van der Waals surface area contributed by atoms with Crippen LogP contribution in [0.1, 0.15) is 303 Å². The largest absolute Gasteiger partial charge is 0.472 e. The van der Waals surface area contributed by atoms with Crippen LogP contribution < -0.4 is 5.32 Å². The molecule has 0 saturated heterocycles. The van der Waals surface area contributed by atoms with Gasteiger partial charge in [-0.15, -0.1) is 0 Å². The van der Waals surface area contributed by atoms with Gasteiger partial charge in [0.25, 0.3) is 0 Å². The molecule has 0 heterocycles. The van der Waals surface area contributed by atoms with Gasteiger partial charge in [-0.2, -0.15) is 0 Å². The Morgan fingerprint density at radius 1 is 0.412 bits per heavy atom. The number of quaternary nitrogens is 1. The SMILES string of the molecule is CC/C=C\C/C=C\C/C=C\C/C=C\C/C=C\C/C=C\C/C=C\CCCCCCCCCCCCCCCCCCCC(=O)NC(COP(=O)(O)OCC[N+](C)(C)C)C(O)/C=C/CC/C=C/CC/C=C/CCCCCCCCCCCCCCCC. The fourth-order valence-corrected chi connectivity index (χ4v) is 10.7. The van der Waals surface area contributed by atoms with Crippen molar-refractivity contribution in [1.82, 2.24) is 5.32 Å². The number of nitrogens with one attached hydrogen (secondary N) is 1. The molecule has 0 aliphatic carbocycles. The Kier molecular flexibility index (Phi) is 63.0. The number of phosphoric acid groups is 1. The minimum absolute atomic E-state index is 0.0501. The lowest BCUT2D eigenvalue weighted by molar-refractivity contribution is -0.870. The van der Waals surface area contributed by atoms with Crippen molar-refractivity contribution in [2.45, 2.75) is 315 Å². The molecule has 0 fully saturated rings. The number of aliphatic hydroxyl groups is 1. The molecule has 0 spiro atoms. The van der Waals surface area contributed by atoms with Crippen molar-refractivity contribution < 1.29 is 32.9 Å². The van der Waals surface area contributed by atoms with Crippen LogP contribution in [0.3, 0.4) is 0 Å². The second-order valence-electron chi connectivity index (χ2n) is 24.9. The van der Waals surface area contributed by atoms with E-state index in [1.807, 2.05) is 27.2 Å². The van der Waals surface area contributed by atoms with Crippen molar-refractivity contribution in [3.63, 3.8) is 0 Å². The first kappa shape index (κ1) is 81.9. The van der Waals surface area contributed by atoms with E-state index in [2.05, 4.69) is 129 Å². The van der Waals surface area contributed by atoms with Crippen LogP contribution in [0.15, 0.2) is 122 Å². The molecule has 0 aliphatic heterocycles. The zero-order chi connectivity index (χ0) is 61.9. The monoisotopic (exact) mass is 1200 g/mol. The van der Waals surface area contributed by atoms with E-state index in [1.54, 1.807) is 6.08 Å². The van der Waals surface area contributed by atoms with Crippen molar-refractivity contribution >= 4 is 13.7 Å². The highest BCUT2D eigenvalue weighted by Crippen LogP contribution is 2.43. The van der Waals surface area contributed by atoms with E-state index in [0.29, 0.717) is 17.4 Å². The molecule has 0 aromatic rings. The Morgan fingerprint density at radius 2 is 0.718 bits per heavy atom. The topological polar surface area (TPSA) is 105 Å². The van der Waals surface area contributed by atoms with Crippen molar-refractivity contribution in [2.75, 3.05) is 40.9 Å². The van der Waals surface area contributed by atoms with E-state index in [-0.39, 0.29) is 19.1 Å². The summed E-state index contributed by atoms with van der Waals surface area (Å²) in [5.74, 6) is -0.191. The maximum atomic E-state index is 13.1. The molecule has 0 radical (unpaired) electrons. The molecule has 0 aromatic heterocycles. The first-order valence-electron chi connectivity index (χ1n) is 35.4. The maximum absolute atomic E-state index is 13.1. The van der Waals surface area contributed by atoms with Gasteiger partial charge >= 0.3 is 7.82 Å². The predicted octanol–water partition coefficient (Wildman–Crippen LogP) is 22.8. The number of nitrogens with zero attached hydrogens (tertiary/aromatic N) is 1. The smallest absolute Gasteiger partial charge is 0.387 e. The highest BCUT2D eigenvalue weighted by Gasteiger charge is 2.28. The zero-order valence-corrected chi connectivity index (χ0v) is 57.0. The number of unbranched alkanes of at least 4 members (excludes halogenated alkanes) is 33. The van der Waals surface area contributed by atoms with Crippen LogP contribution in [-0.2, 0) is 18.4 Å². The van der Waals surface area contributed by atoms with Gasteiger partial charge in [-0.3, -0.25) is 13.8 Å². The van der Waals surface area contributed by atoms with Gasteiger partial charge in [0.1, 0.15) is 13.2 Å². The molecular weight excluding hydrogens is 1070 g/mol. The summed E-state index contributed by atoms with van der Waals surface area (Å²) >= 11 is 0. The minimum atomic E-state index is -4.37. The fraction of sp³-hybridized carbons (Fsp3) is 0.724. The number of carbonyl (C=O) groups is 1. The molecule has 9 heteroatoms. The van der Waals surface area contributed by atoms with Crippen LogP contribution in [0, 0.1) is 0 Å². The standard InChI is InChI=1S/C76H135N2O6P/c1-6-8-10-12-14-16-18-20-22-24-26-28-30-32-33-34-35-36-37-38-39-40-41-42-43-44-45-46-48-50-52-54-56-58-60-62-64-66-68-70-76(80)77-74(73-84-85(81,82)83-72-71-78(3,4)5)75(79)69-67-65-63-61-59-57-55-53-51-49-47-31-29-27-25-23-21-19-17-15-13-11-9-7-2/h8,10,14,16,20,22,26,28,32-33,35-36,38-39,51,53,59,61,67,69,74-75,79H,6-7,9,11-13,15,17-19,21,23-25,27,29-31,34,37,40-50,52,54-58,60,62-66,68,70-73H2,1-5H3,(H-,77,80,81,82)/p+1/b10-8-,16-14-,22-20-,28-26-,33-32-,36-35-,39-38-,53-51+,61-59+,69-67+. The number of aliphatic hydroxyl groups excluding tert-OH is 1. The summed E-state index contributed by atoms with van der Waals surface area (Å²) in [6.45, 7) is 4.69. The van der Waals surface area contributed by atoms with Crippen LogP contribution in [0.25, 0.3) is 0 Å². The van der Waals surface area contributed by atoms with Gasteiger partial charge in [-0.25, -0.2) is 4.57 Å². The summed E-state index contributed by atoms with van der Waals surface area (Å²) in [7, 11) is 1.54. The van der Waals surface area contributed by atoms with Gasteiger partial charge < -0.3 is 19.8 Å². The van der Waals surface area contributed by atoms with Gasteiger partial charge in [-0.1, -0.05) is 315 Å². The van der Waals surface area contributed by atoms with Crippen molar-refractivity contribution in [3.8, 4) is 0 Å². The number of likely N-dealkylation sites (N-methyl/N-ethyl adjacent to an activating group) is 1. The van der Waals surface area contributed by atoms with Crippen LogP contribution in [0.4, 0.5) is 0 Å².